The van der Waals surface area contributed by atoms with E-state index in [1.54, 1.807) is 0 Å². The molecule has 1 N–H and O–H groups in total. The van der Waals surface area contributed by atoms with Crippen molar-refractivity contribution in [1.29, 1.82) is 0 Å². The van der Waals surface area contributed by atoms with Crippen LogP contribution < -0.4 is 10.2 Å². The molecule has 0 saturated carbocycles. The maximum absolute atomic E-state index is 12.3. The Morgan fingerprint density at radius 2 is 2.22 bits per heavy atom. The lowest BCUT2D eigenvalue weighted by Gasteiger charge is -2.27. The van der Waals surface area contributed by atoms with Gasteiger partial charge in [-0.2, -0.15) is 0 Å². The third-order valence-electron chi connectivity index (χ3n) is 3.10. The van der Waals surface area contributed by atoms with Crippen LogP contribution in [0, 0.1) is 0 Å². The van der Waals surface area contributed by atoms with E-state index in [4.69, 9.17) is 4.74 Å². The Balaban J connectivity index is 1.97. The van der Waals surface area contributed by atoms with Crippen molar-refractivity contribution < 1.29 is 9.53 Å². The zero-order valence-electron chi connectivity index (χ0n) is 10.8. The Bertz CT molecular complexity index is 375. The minimum absolute atomic E-state index is 0.143. The summed E-state index contributed by atoms with van der Waals surface area (Å²) >= 11 is 0. The molecule has 1 atom stereocenters. The number of carbonyl (C=O) groups is 1. The predicted molar refractivity (Wildman–Crippen MR) is 71.7 cm³/mol. The molecule has 1 heterocycles. The van der Waals surface area contributed by atoms with Crippen molar-refractivity contribution in [3.05, 3.63) is 30.3 Å². The first-order chi connectivity index (χ1) is 8.81. The molecule has 4 nitrogen and oxygen atoms in total. The molecule has 1 amide bonds. The van der Waals surface area contributed by atoms with E-state index in [9.17, 15) is 4.79 Å². The number of morpholine rings is 1. The molecule has 1 fully saturated rings. The van der Waals surface area contributed by atoms with Crippen LogP contribution in [0.2, 0.25) is 0 Å². The summed E-state index contributed by atoms with van der Waals surface area (Å²) in [5.74, 6) is 0.145. The number of amides is 1. The van der Waals surface area contributed by atoms with Crippen LogP contribution in [-0.2, 0) is 9.53 Å². The van der Waals surface area contributed by atoms with Gasteiger partial charge in [-0.15, -0.1) is 0 Å². The van der Waals surface area contributed by atoms with Crippen LogP contribution >= 0.6 is 0 Å². The molecular weight excluding hydrogens is 228 g/mol. The van der Waals surface area contributed by atoms with E-state index in [0.717, 1.165) is 18.8 Å². The Hall–Kier alpha value is -1.39. The average molecular weight is 248 g/mol. The molecule has 0 radical (unpaired) electrons. The fourth-order valence-corrected chi connectivity index (χ4v) is 2.18. The summed E-state index contributed by atoms with van der Waals surface area (Å²) in [7, 11) is 0. The van der Waals surface area contributed by atoms with E-state index in [1.165, 1.54) is 0 Å². The highest BCUT2D eigenvalue weighted by molar-refractivity contribution is 5.93. The predicted octanol–water partition coefficient (Wildman–Crippen LogP) is 1.42. The summed E-state index contributed by atoms with van der Waals surface area (Å²) in [6.07, 6.45) is 0.489. The van der Waals surface area contributed by atoms with Gasteiger partial charge in [-0.3, -0.25) is 4.79 Å². The van der Waals surface area contributed by atoms with Crippen molar-refractivity contribution in [2.45, 2.75) is 19.4 Å². The van der Waals surface area contributed by atoms with E-state index in [-0.39, 0.29) is 11.9 Å². The van der Waals surface area contributed by atoms with E-state index in [2.05, 4.69) is 5.32 Å². The molecule has 2 rings (SSSR count). The first kappa shape index (κ1) is 13.1. The van der Waals surface area contributed by atoms with Gasteiger partial charge in [0.2, 0.25) is 5.91 Å². The van der Waals surface area contributed by atoms with Crippen LogP contribution in [0.4, 0.5) is 5.69 Å². The second-order valence-corrected chi connectivity index (χ2v) is 4.40. The van der Waals surface area contributed by atoms with Crippen molar-refractivity contribution in [2.75, 3.05) is 31.2 Å². The molecule has 1 aliphatic heterocycles. The second kappa shape index (κ2) is 6.52. The van der Waals surface area contributed by atoms with Crippen molar-refractivity contribution in [1.82, 2.24) is 5.32 Å². The molecular formula is C14H20N2O2. The number of benzene rings is 1. The Kier molecular flexibility index (Phi) is 4.73. The first-order valence-electron chi connectivity index (χ1n) is 6.47. The summed E-state index contributed by atoms with van der Waals surface area (Å²) in [4.78, 5) is 14.1. The fraction of sp³-hybridized carbons (Fsp3) is 0.500. The molecule has 1 aromatic carbocycles. The van der Waals surface area contributed by atoms with Gasteiger partial charge in [0.15, 0.2) is 0 Å². The van der Waals surface area contributed by atoms with Gasteiger partial charge >= 0.3 is 0 Å². The van der Waals surface area contributed by atoms with Crippen molar-refractivity contribution in [3.8, 4) is 0 Å². The Morgan fingerprint density at radius 3 is 2.83 bits per heavy atom. The van der Waals surface area contributed by atoms with Gasteiger partial charge < -0.3 is 15.0 Å². The Morgan fingerprint density at radius 1 is 1.44 bits per heavy atom. The number of rotatable bonds is 4. The van der Waals surface area contributed by atoms with Gasteiger partial charge in [0.05, 0.1) is 13.2 Å². The third kappa shape index (κ3) is 3.31. The summed E-state index contributed by atoms with van der Waals surface area (Å²) in [6, 6.07) is 9.93. The van der Waals surface area contributed by atoms with Crippen LogP contribution in [0.15, 0.2) is 30.3 Å². The quantitative estimate of drug-likeness (QED) is 0.876. The zero-order chi connectivity index (χ0) is 12.8. The lowest BCUT2D eigenvalue weighted by molar-refractivity contribution is -0.119. The van der Waals surface area contributed by atoms with E-state index in [0.29, 0.717) is 19.6 Å². The van der Waals surface area contributed by atoms with Gasteiger partial charge in [0, 0.05) is 31.2 Å². The van der Waals surface area contributed by atoms with E-state index in [1.807, 2.05) is 42.2 Å². The minimum atomic E-state index is 0.143. The van der Waals surface area contributed by atoms with Crippen molar-refractivity contribution in [2.24, 2.45) is 0 Å². The van der Waals surface area contributed by atoms with Crippen LogP contribution in [0.25, 0.3) is 0 Å². The third-order valence-corrected chi connectivity index (χ3v) is 3.10. The highest BCUT2D eigenvalue weighted by atomic mass is 16.5. The molecule has 0 spiro atoms. The number of hydrogen-bond donors (Lipinski definition) is 1. The largest absolute Gasteiger partial charge is 0.378 e. The number of nitrogens with zero attached hydrogens (tertiary/aromatic N) is 1. The number of anilines is 1. The lowest BCUT2D eigenvalue weighted by Crippen LogP contribution is -2.45. The molecule has 0 bridgehead atoms. The normalized spacial score (nSPS) is 19.5. The van der Waals surface area contributed by atoms with Gasteiger partial charge in [0.25, 0.3) is 0 Å². The molecule has 0 aliphatic carbocycles. The molecule has 1 aromatic rings. The van der Waals surface area contributed by atoms with Gasteiger partial charge in [0.1, 0.15) is 0 Å². The number of para-hydroxylation sites is 1. The number of hydrogen-bond acceptors (Lipinski definition) is 3. The van der Waals surface area contributed by atoms with Crippen LogP contribution in [0.1, 0.15) is 13.3 Å². The van der Waals surface area contributed by atoms with Gasteiger partial charge in [-0.25, -0.2) is 0 Å². The van der Waals surface area contributed by atoms with Crippen LogP contribution in [0.3, 0.4) is 0 Å². The van der Waals surface area contributed by atoms with E-state index >= 15 is 0 Å². The number of carbonyl (C=O) groups excluding carboxylic acids is 1. The lowest BCUT2D eigenvalue weighted by atomic mass is 10.1. The monoisotopic (exact) mass is 248 g/mol. The van der Waals surface area contributed by atoms with Gasteiger partial charge in [-0.1, -0.05) is 18.2 Å². The smallest absolute Gasteiger partial charge is 0.228 e. The molecule has 18 heavy (non-hydrogen) atoms. The van der Waals surface area contributed by atoms with Crippen LogP contribution in [-0.4, -0.2) is 38.3 Å². The highest BCUT2D eigenvalue weighted by Crippen LogP contribution is 2.15. The van der Waals surface area contributed by atoms with Crippen LogP contribution in [0.5, 0.6) is 0 Å². The summed E-state index contributed by atoms with van der Waals surface area (Å²) in [5.41, 5.74) is 0.960. The summed E-state index contributed by atoms with van der Waals surface area (Å²) in [6.45, 7) is 4.88. The molecule has 1 saturated heterocycles. The highest BCUT2D eigenvalue weighted by Gasteiger charge is 2.21. The van der Waals surface area contributed by atoms with Crippen molar-refractivity contribution in [3.63, 3.8) is 0 Å². The topological polar surface area (TPSA) is 41.6 Å². The van der Waals surface area contributed by atoms with Gasteiger partial charge in [-0.05, 0) is 19.1 Å². The zero-order valence-corrected chi connectivity index (χ0v) is 10.8. The Labute approximate surface area is 108 Å². The second-order valence-electron chi connectivity index (χ2n) is 4.40. The first-order valence-corrected chi connectivity index (χ1v) is 6.47. The molecule has 4 heteroatoms. The SMILES string of the molecule is CCN(C(=O)CC1COCCN1)c1ccccc1. The number of ether oxygens (including phenoxy) is 1. The average Bonchev–Trinajstić information content (AvgIpc) is 2.42. The minimum Gasteiger partial charge on any atom is -0.378 e. The molecule has 98 valence electrons. The molecule has 0 aromatic heterocycles. The van der Waals surface area contributed by atoms with E-state index < -0.39 is 0 Å². The standard InChI is InChI=1S/C14H20N2O2/c1-2-16(13-6-4-3-5-7-13)14(17)10-12-11-18-9-8-15-12/h3-7,12,15H,2,8-11H2,1H3. The maximum atomic E-state index is 12.3. The summed E-state index contributed by atoms with van der Waals surface area (Å²) < 4.78 is 5.37. The maximum Gasteiger partial charge on any atom is 0.228 e. The molecule has 1 unspecified atom stereocenters. The molecule has 1 aliphatic rings. The number of nitrogens with one attached hydrogen (secondary N) is 1. The van der Waals surface area contributed by atoms with Crippen molar-refractivity contribution >= 4 is 11.6 Å². The summed E-state index contributed by atoms with van der Waals surface area (Å²) in [5, 5.41) is 3.31. The fourth-order valence-electron chi connectivity index (χ4n) is 2.18.